The smallest absolute Gasteiger partial charge is 0.276 e. The highest BCUT2D eigenvalue weighted by Gasteiger charge is 2.12. The molecule has 0 aliphatic rings. The summed E-state index contributed by atoms with van der Waals surface area (Å²) in [5.41, 5.74) is 5.05. The molecule has 2 rings (SSSR count). The van der Waals surface area contributed by atoms with Crippen LogP contribution in [0.25, 0.3) is 0 Å². The van der Waals surface area contributed by atoms with Crippen molar-refractivity contribution >= 4 is 46.0 Å². The summed E-state index contributed by atoms with van der Waals surface area (Å²) in [7, 11) is 0. The molecule has 0 spiro atoms. The van der Waals surface area contributed by atoms with E-state index in [9.17, 15) is 9.59 Å². The van der Waals surface area contributed by atoms with Gasteiger partial charge in [-0.1, -0.05) is 23.7 Å². The number of amides is 2. The van der Waals surface area contributed by atoms with Gasteiger partial charge in [0.15, 0.2) is 18.1 Å². The molecule has 8 heteroatoms. The van der Waals surface area contributed by atoms with E-state index in [0.717, 1.165) is 0 Å². The maximum absolute atomic E-state index is 12.1. The molecule has 0 aliphatic heterocycles. The number of ether oxygens (including phenoxy) is 2. The fourth-order valence-corrected chi connectivity index (χ4v) is 3.01. The molecule has 2 aromatic carbocycles. The molecule has 0 atom stereocenters. The van der Waals surface area contributed by atoms with Gasteiger partial charge in [0.2, 0.25) is 0 Å². The number of nitrogens with one attached hydrogen (secondary N) is 2. The zero-order valence-corrected chi connectivity index (χ0v) is 16.3. The molecule has 0 bridgehead atoms. The van der Waals surface area contributed by atoms with Gasteiger partial charge in [0.25, 0.3) is 11.8 Å². The van der Waals surface area contributed by atoms with Crippen molar-refractivity contribution in [3.63, 3.8) is 0 Å². The molecule has 0 fully saturated rings. The number of rotatable bonds is 6. The normalized spacial score (nSPS) is 10.0. The van der Waals surface area contributed by atoms with Gasteiger partial charge in [-0.3, -0.25) is 20.4 Å². The highest BCUT2D eigenvalue weighted by molar-refractivity contribution is 14.1. The van der Waals surface area contributed by atoms with E-state index in [2.05, 4.69) is 10.9 Å². The predicted molar refractivity (Wildman–Crippen MR) is 103 cm³/mol. The third kappa shape index (κ3) is 5.79. The van der Waals surface area contributed by atoms with E-state index in [0.29, 0.717) is 32.3 Å². The van der Waals surface area contributed by atoms with E-state index in [1.165, 1.54) is 0 Å². The van der Waals surface area contributed by atoms with Crippen molar-refractivity contribution < 1.29 is 19.1 Å². The highest BCUT2D eigenvalue weighted by Crippen LogP contribution is 2.26. The van der Waals surface area contributed by atoms with Crippen LogP contribution in [0.3, 0.4) is 0 Å². The molecule has 2 amide bonds. The Bertz CT molecular complexity index is 770. The van der Waals surface area contributed by atoms with Crippen molar-refractivity contribution in [2.45, 2.75) is 6.92 Å². The number of para-hydroxylation sites is 2. The van der Waals surface area contributed by atoms with Crippen LogP contribution in [0.1, 0.15) is 17.3 Å². The first kappa shape index (κ1) is 19.3. The van der Waals surface area contributed by atoms with Gasteiger partial charge in [-0.2, -0.15) is 0 Å². The second kappa shape index (κ2) is 9.47. The molecule has 0 aliphatic carbocycles. The SMILES string of the molecule is CCOc1ccccc1OCC(=O)NNC(=O)c1ccc(Cl)cc1I. The van der Waals surface area contributed by atoms with Gasteiger partial charge in [0.05, 0.1) is 12.2 Å². The maximum atomic E-state index is 12.1. The number of hydrogen-bond donors (Lipinski definition) is 2. The lowest BCUT2D eigenvalue weighted by Gasteiger charge is -2.12. The van der Waals surface area contributed by atoms with Gasteiger partial charge >= 0.3 is 0 Å². The summed E-state index contributed by atoms with van der Waals surface area (Å²) in [6, 6.07) is 11.9. The summed E-state index contributed by atoms with van der Waals surface area (Å²) in [5.74, 6) is 0.0726. The standard InChI is InChI=1S/C17H16ClIN2O4/c1-2-24-14-5-3-4-6-15(14)25-10-16(22)20-21-17(23)12-8-7-11(18)9-13(12)19/h3-9H,2,10H2,1H3,(H,20,22)(H,21,23). The molecule has 6 nitrogen and oxygen atoms in total. The second-order valence-corrected chi connectivity index (χ2v) is 6.39. The maximum Gasteiger partial charge on any atom is 0.276 e. The van der Waals surface area contributed by atoms with Crippen molar-refractivity contribution in [2.24, 2.45) is 0 Å². The predicted octanol–water partition coefficient (Wildman–Crippen LogP) is 3.18. The van der Waals surface area contributed by atoms with Crippen molar-refractivity contribution in [1.82, 2.24) is 10.9 Å². The summed E-state index contributed by atoms with van der Waals surface area (Å²) >= 11 is 7.85. The van der Waals surface area contributed by atoms with Crippen molar-refractivity contribution in [2.75, 3.05) is 13.2 Å². The molecule has 0 saturated heterocycles. The molecule has 2 N–H and O–H groups in total. The fraction of sp³-hybridized carbons (Fsp3) is 0.176. The van der Waals surface area contributed by atoms with Crippen LogP contribution in [0, 0.1) is 3.57 Å². The van der Waals surface area contributed by atoms with Crippen LogP contribution >= 0.6 is 34.2 Å². The third-order valence-corrected chi connectivity index (χ3v) is 4.13. The molecule has 0 heterocycles. The first-order valence-corrected chi connectivity index (χ1v) is 8.85. The molecule has 0 radical (unpaired) electrons. The summed E-state index contributed by atoms with van der Waals surface area (Å²) in [6.45, 7) is 2.08. The van der Waals surface area contributed by atoms with Crippen LogP contribution in [0.4, 0.5) is 0 Å². The largest absolute Gasteiger partial charge is 0.490 e. The summed E-state index contributed by atoms with van der Waals surface area (Å²) in [4.78, 5) is 23.9. The summed E-state index contributed by atoms with van der Waals surface area (Å²) < 4.78 is 11.5. The zero-order valence-electron chi connectivity index (χ0n) is 13.3. The number of hydrogen-bond acceptors (Lipinski definition) is 4. The molecule has 0 unspecified atom stereocenters. The average Bonchev–Trinajstić information content (AvgIpc) is 2.59. The number of carbonyl (C=O) groups is 2. The third-order valence-electron chi connectivity index (χ3n) is 3.00. The number of halogens is 2. The van der Waals surface area contributed by atoms with E-state index in [-0.39, 0.29) is 6.61 Å². The lowest BCUT2D eigenvalue weighted by molar-refractivity contribution is -0.123. The molecular weight excluding hydrogens is 459 g/mol. The van der Waals surface area contributed by atoms with Crippen LogP contribution in [0.2, 0.25) is 5.02 Å². The Morgan fingerprint density at radius 3 is 2.40 bits per heavy atom. The molecule has 0 aromatic heterocycles. The van der Waals surface area contributed by atoms with E-state index < -0.39 is 11.8 Å². The number of benzene rings is 2. The average molecular weight is 475 g/mol. The topological polar surface area (TPSA) is 76.7 Å². The number of hydrazine groups is 1. The van der Waals surface area contributed by atoms with Crippen molar-refractivity contribution in [3.05, 3.63) is 56.6 Å². The summed E-state index contributed by atoms with van der Waals surface area (Å²) in [6.07, 6.45) is 0. The first-order chi connectivity index (χ1) is 12.0. The lowest BCUT2D eigenvalue weighted by atomic mass is 10.2. The molecule has 0 saturated carbocycles. The van der Waals surface area contributed by atoms with E-state index in [4.69, 9.17) is 21.1 Å². The van der Waals surface area contributed by atoms with Gasteiger partial charge in [0.1, 0.15) is 0 Å². The Morgan fingerprint density at radius 2 is 1.76 bits per heavy atom. The van der Waals surface area contributed by atoms with E-state index >= 15 is 0 Å². The van der Waals surface area contributed by atoms with Gasteiger partial charge in [-0.05, 0) is 59.8 Å². The molecule has 132 valence electrons. The minimum atomic E-state index is -0.497. The van der Waals surface area contributed by atoms with Crippen molar-refractivity contribution in [1.29, 1.82) is 0 Å². The Morgan fingerprint density at radius 1 is 1.08 bits per heavy atom. The number of carbonyl (C=O) groups excluding carboxylic acids is 2. The first-order valence-electron chi connectivity index (χ1n) is 7.40. The van der Waals surface area contributed by atoms with Gasteiger partial charge < -0.3 is 9.47 Å². The Hall–Kier alpha value is -2.00. The minimum absolute atomic E-state index is 0.262. The van der Waals surface area contributed by atoms with Gasteiger partial charge in [0, 0.05) is 8.59 Å². The monoisotopic (exact) mass is 474 g/mol. The quantitative estimate of drug-likeness (QED) is 0.498. The van der Waals surface area contributed by atoms with Crippen molar-refractivity contribution in [3.8, 4) is 11.5 Å². The second-order valence-electron chi connectivity index (χ2n) is 4.79. The van der Waals surface area contributed by atoms with E-state index in [1.54, 1.807) is 36.4 Å². The molecule has 2 aromatic rings. The Kier molecular flexibility index (Phi) is 7.32. The molecule has 25 heavy (non-hydrogen) atoms. The minimum Gasteiger partial charge on any atom is -0.490 e. The lowest BCUT2D eigenvalue weighted by Crippen LogP contribution is -2.44. The zero-order chi connectivity index (χ0) is 18.2. The Balaban J connectivity index is 1.86. The van der Waals surface area contributed by atoms with Crippen LogP contribution in [0.5, 0.6) is 11.5 Å². The Labute approximate surface area is 163 Å². The van der Waals surface area contributed by atoms with Crippen LogP contribution in [-0.4, -0.2) is 25.0 Å². The molecular formula is C17H16ClIN2O4. The van der Waals surface area contributed by atoms with Crippen LogP contribution < -0.4 is 20.3 Å². The van der Waals surface area contributed by atoms with Gasteiger partial charge in [-0.15, -0.1) is 0 Å². The van der Waals surface area contributed by atoms with Crippen LogP contribution in [0.15, 0.2) is 42.5 Å². The van der Waals surface area contributed by atoms with Crippen LogP contribution in [-0.2, 0) is 4.79 Å². The van der Waals surface area contributed by atoms with Gasteiger partial charge in [-0.25, -0.2) is 0 Å². The van der Waals surface area contributed by atoms with E-state index in [1.807, 2.05) is 35.6 Å². The highest BCUT2D eigenvalue weighted by atomic mass is 127. The fourth-order valence-electron chi connectivity index (χ4n) is 1.89. The summed E-state index contributed by atoms with van der Waals surface area (Å²) in [5, 5.41) is 0.534.